The van der Waals surface area contributed by atoms with Crippen LogP contribution in [0.1, 0.15) is 30.9 Å². The van der Waals surface area contributed by atoms with Crippen molar-refractivity contribution in [2.24, 2.45) is 0 Å². The van der Waals surface area contributed by atoms with Gasteiger partial charge in [-0.25, -0.2) is 15.0 Å². The monoisotopic (exact) mass is 320 g/mol. The molecule has 120 valence electrons. The number of aromatic nitrogens is 4. The Kier molecular flexibility index (Phi) is 3.58. The van der Waals surface area contributed by atoms with Crippen molar-refractivity contribution in [2.75, 3.05) is 13.1 Å². The molecule has 1 amide bonds. The van der Waals surface area contributed by atoms with E-state index in [0.717, 1.165) is 41.4 Å². The second-order valence-corrected chi connectivity index (χ2v) is 6.03. The summed E-state index contributed by atoms with van der Waals surface area (Å²) in [6, 6.07) is 3.89. The summed E-state index contributed by atoms with van der Waals surface area (Å²) < 4.78 is 0. The first-order valence-electron chi connectivity index (χ1n) is 7.99. The van der Waals surface area contributed by atoms with Crippen molar-refractivity contribution in [1.29, 1.82) is 5.26 Å². The molecular formula is C17H16N6O. The maximum atomic E-state index is 12.1. The summed E-state index contributed by atoms with van der Waals surface area (Å²) in [5, 5.41) is 10.8. The van der Waals surface area contributed by atoms with Crippen LogP contribution in [-0.2, 0) is 4.79 Å². The van der Waals surface area contributed by atoms with E-state index in [0.29, 0.717) is 12.2 Å². The minimum Gasteiger partial charge on any atom is -0.349 e. The highest BCUT2D eigenvalue weighted by Crippen LogP contribution is 2.33. The van der Waals surface area contributed by atoms with Crippen molar-refractivity contribution < 1.29 is 4.79 Å². The van der Waals surface area contributed by atoms with E-state index < -0.39 is 0 Å². The lowest BCUT2D eigenvalue weighted by atomic mass is 9.91. The molecule has 24 heavy (non-hydrogen) atoms. The smallest absolute Gasteiger partial charge is 0.236 e. The van der Waals surface area contributed by atoms with Crippen LogP contribution in [0.15, 0.2) is 24.8 Å². The van der Waals surface area contributed by atoms with Crippen molar-refractivity contribution in [3.8, 4) is 6.07 Å². The molecule has 0 aromatic carbocycles. The molecule has 4 rings (SSSR count). The summed E-state index contributed by atoms with van der Waals surface area (Å²) in [4.78, 5) is 30.1. The number of pyridine rings is 1. The van der Waals surface area contributed by atoms with Crippen molar-refractivity contribution in [3.05, 3.63) is 30.5 Å². The molecule has 7 heteroatoms. The fourth-order valence-corrected chi connectivity index (χ4v) is 3.51. The van der Waals surface area contributed by atoms with Gasteiger partial charge in [0, 0.05) is 41.7 Å². The van der Waals surface area contributed by atoms with Gasteiger partial charge in [-0.15, -0.1) is 0 Å². The summed E-state index contributed by atoms with van der Waals surface area (Å²) in [7, 11) is 0. The number of hydrogen-bond acceptors (Lipinski definition) is 5. The van der Waals surface area contributed by atoms with Crippen LogP contribution < -0.4 is 0 Å². The van der Waals surface area contributed by atoms with E-state index in [1.807, 2.05) is 12.1 Å². The molecule has 3 aromatic heterocycles. The van der Waals surface area contributed by atoms with Gasteiger partial charge in [0.15, 0.2) is 5.65 Å². The quantitative estimate of drug-likeness (QED) is 0.780. The molecule has 1 unspecified atom stereocenters. The zero-order valence-electron chi connectivity index (χ0n) is 13.1. The number of amides is 1. The van der Waals surface area contributed by atoms with E-state index in [4.69, 9.17) is 5.26 Å². The Morgan fingerprint density at radius 3 is 3.21 bits per heavy atom. The highest BCUT2D eigenvalue weighted by molar-refractivity contribution is 6.04. The van der Waals surface area contributed by atoms with E-state index in [1.165, 1.54) is 0 Å². The molecule has 4 heterocycles. The fourth-order valence-electron chi connectivity index (χ4n) is 3.51. The molecule has 0 radical (unpaired) electrons. The van der Waals surface area contributed by atoms with Crippen LogP contribution in [0.2, 0.25) is 0 Å². The molecule has 1 saturated heterocycles. The Balaban J connectivity index is 1.77. The fraction of sp³-hybridized carbons (Fsp3) is 0.353. The maximum Gasteiger partial charge on any atom is 0.236 e. The normalized spacial score (nSPS) is 18.0. The Morgan fingerprint density at radius 2 is 2.33 bits per heavy atom. The highest BCUT2D eigenvalue weighted by Gasteiger charge is 2.27. The number of piperidine rings is 1. The zero-order valence-corrected chi connectivity index (χ0v) is 13.1. The van der Waals surface area contributed by atoms with Gasteiger partial charge in [0.25, 0.3) is 0 Å². The molecule has 3 aromatic rings. The molecular weight excluding hydrogens is 304 g/mol. The maximum absolute atomic E-state index is 12.1. The van der Waals surface area contributed by atoms with Gasteiger partial charge in [-0.3, -0.25) is 4.79 Å². The summed E-state index contributed by atoms with van der Waals surface area (Å²) in [5.74, 6) is 0.0924. The molecule has 7 nitrogen and oxygen atoms in total. The molecule has 1 aliphatic heterocycles. The Morgan fingerprint density at radius 1 is 1.42 bits per heavy atom. The van der Waals surface area contributed by atoms with Crippen LogP contribution in [0.25, 0.3) is 21.9 Å². The van der Waals surface area contributed by atoms with Gasteiger partial charge < -0.3 is 9.88 Å². The number of fused-ring (bicyclic) bond motifs is 3. The molecule has 0 saturated carbocycles. The average molecular weight is 320 g/mol. The number of rotatable bonds is 2. The van der Waals surface area contributed by atoms with Gasteiger partial charge in [-0.05, 0) is 18.9 Å². The largest absolute Gasteiger partial charge is 0.349 e. The third-order valence-electron chi connectivity index (χ3n) is 4.62. The third kappa shape index (κ3) is 2.36. The number of hydrogen-bond donors (Lipinski definition) is 1. The van der Waals surface area contributed by atoms with Gasteiger partial charge in [-0.1, -0.05) is 0 Å². The first-order chi connectivity index (χ1) is 11.8. The van der Waals surface area contributed by atoms with E-state index in [1.54, 1.807) is 23.6 Å². The number of carbonyl (C=O) groups is 1. The van der Waals surface area contributed by atoms with E-state index in [2.05, 4.69) is 19.9 Å². The van der Waals surface area contributed by atoms with E-state index in [-0.39, 0.29) is 18.2 Å². The van der Waals surface area contributed by atoms with Crippen LogP contribution in [0.5, 0.6) is 0 Å². The third-order valence-corrected chi connectivity index (χ3v) is 4.62. The lowest BCUT2D eigenvalue weighted by Gasteiger charge is -2.32. The van der Waals surface area contributed by atoms with Crippen molar-refractivity contribution in [1.82, 2.24) is 24.8 Å². The standard InChI is InChI=1S/C17H16N6O/c18-5-3-14(24)23-7-1-2-11(9-23)16-15-12-4-6-19-17(12)20-8-13(15)21-10-22-16/h4,6,8,10-11H,1-3,7,9H2,(H,21,22). The lowest BCUT2D eigenvalue weighted by molar-refractivity contribution is -0.131. The number of nitriles is 1. The molecule has 1 fully saturated rings. The number of carbonyl (C=O) groups excluding carboxylic acids is 1. The molecule has 0 aliphatic carbocycles. The van der Waals surface area contributed by atoms with Crippen LogP contribution in [0, 0.1) is 11.3 Å². The van der Waals surface area contributed by atoms with Gasteiger partial charge in [0.1, 0.15) is 6.42 Å². The second-order valence-electron chi connectivity index (χ2n) is 6.03. The van der Waals surface area contributed by atoms with Crippen molar-refractivity contribution in [2.45, 2.75) is 25.2 Å². The predicted molar refractivity (Wildman–Crippen MR) is 88.0 cm³/mol. The van der Waals surface area contributed by atoms with Crippen LogP contribution in [0.4, 0.5) is 0 Å². The predicted octanol–water partition coefficient (Wildman–Crippen LogP) is 2.13. The molecule has 1 aliphatic rings. The Hall–Kier alpha value is -3.01. The lowest BCUT2D eigenvalue weighted by Crippen LogP contribution is -2.39. The average Bonchev–Trinajstić information content (AvgIpc) is 3.10. The number of H-pyrrole nitrogens is 1. The van der Waals surface area contributed by atoms with Crippen LogP contribution >= 0.6 is 0 Å². The first kappa shape index (κ1) is 14.6. The number of likely N-dealkylation sites (tertiary alicyclic amines) is 1. The van der Waals surface area contributed by atoms with Crippen molar-refractivity contribution >= 4 is 27.8 Å². The van der Waals surface area contributed by atoms with Gasteiger partial charge in [0.05, 0.1) is 24.1 Å². The first-order valence-corrected chi connectivity index (χ1v) is 7.99. The number of aromatic amines is 1. The minimum atomic E-state index is -0.0950. The van der Waals surface area contributed by atoms with Crippen molar-refractivity contribution in [3.63, 3.8) is 0 Å². The highest BCUT2D eigenvalue weighted by atomic mass is 16.2. The van der Waals surface area contributed by atoms with Crippen LogP contribution in [-0.4, -0.2) is 43.8 Å². The zero-order chi connectivity index (χ0) is 16.5. The van der Waals surface area contributed by atoms with Gasteiger partial charge in [0.2, 0.25) is 5.91 Å². The van der Waals surface area contributed by atoms with Gasteiger partial charge in [-0.2, -0.15) is 5.26 Å². The number of nitrogens with zero attached hydrogens (tertiary/aromatic N) is 5. The summed E-state index contributed by atoms with van der Waals surface area (Å²) >= 11 is 0. The molecule has 0 bridgehead atoms. The Bertz CT molecular complexity index is 957. The number of nitrogens with one attached hydrogen (secondary N) is 1. The SMILES string of the molecule is N#CCC(=O)N1CCCC(c2[nH]cnc3cnc4nccc4c23)C1. The van der Waals surface area contributed by atoms with E-state index in [9.17, 15) is 4.79 Å². The van der Waals surface area contributed by atoms with Crippen LogP contribution in [0.3, 0.4) is 0 Å². The molecule has 1 atom stereocenters. The molecule has 0 spiro atoms. The van der Waals surface area contributed by atoms with E-state index >= 15 is 0 Å². The second kappa shape index (κ2) is 5.89. The Labute approximate surface area is 138 Å². The molecule has 1 N–H and O–H groups in total. The summed E-state index contributed by atoms with van der Waals surface area (Å²) in [6.45, 7) is 1.34. The summed E-state index contributed by atoms with van der Waals surface area (Å²) in [6.07, 6.45) is 7.02. The minimum absolute atomic E-state index is 0.0610. The summed E-state index contributed by atoms with van der Waals surface area (Å²) in [5.41, 5.74) is 2.60. The van der Waals surface area contributed by atoms with Gasteiger partial charge >= 0.3 is 0 Å². The topological polar surface area (TPSA) is 98.6 Å².